The van der Waals surface area contributed by atoms with Crippen molar-refractivity contribution in [1.29, 1.82) is 0 Å². The SMILES string of the molecule is CCOC(=O)CCCn1c(=O)n(N)c(=Nc2ccc(Oc3ccnc(C)c3)cc2)n(Cc2ccc(C)cc2)c1=O. The van der Waals surface area contributed by atoms with E-state index in [1.807, 2.05) is 44.2 Å². The molecule has 0 amide bonds. The van der Waals surface area contributed by atoms with Crippen LogP contribution >= 0.6 is 0 Å². The Morgan fingerprint density at radius 1 is 0.950 bits per heavy atom. The third-order valence-electron chi connectivity index (χ3n) is 6.05. The average Bonchev–Trinajstić information content (AvgIpc) is 2.93. The molecule has 0 aliphatic heterocycles. The number of rotatable bonds is 10. The Balaban J connectivity index is 1.72. The van der Waals surface area contributed by atoms with E-state index in [4.69, 9.17) is 15.3 Å². The maximum atomic E-state index is 13.6. The molecule has 0 saturated carbocycles. The molecule has 4 rings (SSSR count). The zero-order chi connectivity index (χ0) is 28.6. The molecule has 0 spiro atoms. The normalized spacial score (nSPS) is 11.4. The molecule has 0 fully saturated rings. The minimum Gasteiger partial charge on any atom is -0.466 e. The Kier molecular flexibility index (Phi) is 8.95. The average molecular weight is 545 g/mol. The van der Waals surface area contributed by atoms with Gasteiger partial charge in [0.05, 0.1) is 18.8 Å². The zero-order valence-corrected chi connectivity index (χ0v) is 22.7. The summed E-state index contributed by atoms with van der Waals surface area (Å²) in [6.45, 7) is 5.96. The molecule has 0 radical (unpaired) electrons. The van der Waals surface area contributed by atoms with Crippen molar-refractivity contribution in [2.45, 2.75) is 46.7 Å². The number of carbonyl (C=O) groups is 1. The Morgan fingerprint density at radius 2 is 1.68 bits per heavy atom. The zero-order valence-electron chi connectivity index (χ0n) is 22.7. The molecular weight excluding hydrogens is 512 g/mol. The number of esters is 1. The number of pyridine rings is 1. The smallest absolute Gasteiger partial charge is 0.353 e. The number of carbonyl (C=O) groups excluding carboxylic acids is 1. The lowest BCUT2D eigenvalue weighted by Crippen LogP contribution is -2.57. The monoisotopic (exact) mass is 544 g/mol. The predicted molar refractivity (Wildman–Crippen MR) is 150 cm³/mol. The molecular formula is C29H32N6O5. The highest BCUT2D eigenvalue weighted by Crippen LogP contribution is 2.23. The van der Waals surface area contributed by atoms with E-state index in [2.05, 4.69) is 9.98 Å². The summed E-state index contributed by atoms with van der Waals surface area (Å²) in [6, 6.07) is 18.1. The molecule has 2 aromatic heterocycles. The summed E-state index contributed by atoms with van der Waals surface area (Å²) >= 11 is 0. The number of ether oxygens (including phenoxy) is 2. The number of aryl methyl sites for hydroxylation is 2. The van der Waals surface area contributed by atoms with Gasteiger partial charge in [-0.05, 0) is 63.1 Å². The lowest BCUT2D eigenvalue weighted by atomic mass is 10.1. The third kappa shape index (κ3) is 6.93. The van der Waals surface area contributed by atoms with Crippen molar-refractivity contribution >= 4 is 11.7 Å². The first kappa shape index (κ1) is 28.1. The second-order valence-electron chi connectivity index (χ2n) is 9.21. The van der Waals surface area contributed by atoms with E-state index < -0.39 is 17.3 Å². The van der Waals surface area contributed by atoms with Gasteiger partial charge >= 0.3 is 17.3 Å². The van der Waals surface area contributed by atoms with Gasteiger partial charge in [0.1, 0.15) is 11.5 Å². The van der Waals surface area contributed by atoms with Crippen LogP contribution in [-0.4, -0.2) is 31.4 Å². The van der Waals surface area contributed by atoms with Crippen LogP contribution in [-0.2, 0) is 22.6 Å². The van der Waals surface area contributed by atoms with Crippen LogP contribution in [0.5, 0.6) is 11.5 Å². The molecule has 0 saturated heterocycles. The summed E-state index contributed by atoms with van der Waals surface area (Å²) in [7, 11) is 0. The number of nitrogens with zero attached hydrogens (tertiary/aromatic N) is 5. The first-order valence-electron chi connectivity index (χ1n) is 12.9. The van der Waals surface area contributed by atoms with Crippen LogP contribution in [0.1, 0.15) is 36.6 Å². The number of benzene rings is 2. The van der Waals surface area contributed by atoms with Crippen molar-refractivity contribution in [3.63, 3.8) is 0 Å². The lowest BCUT2D eigenvalue weighted by Gasteiger charge is -2.14. The van der Waals surface area contributed by atoms with Crippen LogP contribution in [0.3, 0.4) is 0 Å². The summed E-state index contributed by atoms with van der Waals surface area (Å²) in [5, 5.41) is 0. The van der Waals surface area contributed by atoms with Crippen molar-refractivity contribution in [3.8, 4) is 11.5 Å². The van der Waals surface area contributed by atoms with Gasteiger partial charge in [0.2, 0.25) is 5.62 Å². The molecule has 0 aliphatic rings. The molecule has 208 valence electrons. The Bertz CT molecular complexity index is 1670. The van der Waals surface area contributed by atoms with Crippen molar-refractivity contribution in [3.05, 3.63) is 110 Å². The number of nitrogens with two attached hydrogens (primary N) is 1. The van der Waals surface area contributed by atoms with E-state index in [9.17, 15) is 14.4 Å². The van der Waals surface area contributed by atoms with Gasteiger partial charge in [-0.3, -0.25) is 14.3 Å². The van der Waals surface area contributed by atoms with Gasteiger partial charge in [0.15, 0.2) is 0 Å². The Morgan fingerprint density at radius 3 is 2.35 bits per heavy atom. The van der Waals surface area contributed by atoms with Gasteiger partial charge in [-0.1, -0.05) is 29.8 Å². The minimum atomic E-state index is -0.735. The number of aromatic nitrogens is 4. The van der Waals surface area contributed by atoms with E-state index >= 15 is 0 Å². The summed E-state index contributed by atoms with van der Waals surface area (Å²) in [6.07, 6.45) is 1.98. The molecule has 2 aromatic carbocycles. The second-order valence-corrected chi connectivity index (χ2v) is 9.21. The fraction of sp³-hybridized carbons (Fsp3) is 0.276. The van der Waals surface area contributed by atoms with Crippen molar-refractivity contribution in [2.24, 2.45) is 4.99 Å². The van der Waals surface area contributed by atoms with Crippen LogP contribution in [0.2, 0.25) is 0 Å². The van der Waals surface area contributed by atoms with Gasteiger partial charge in [0.25, 0.3) is 0 Å². The fourth-order valence-corrected chi connectivity index (χ4v) is 4.02. The largest absolute Gasteiger partial charge is 0.466 e. The predicted octanol–water partition coefficient (Wildman–Crippen LogP) is 2.95. The van der Waals surface area contributed by atoms with Crippen LogP contribution in [0.15, 0.2) is 81.4 Å². The molecule has 0 aliphatic carbocycles. The molecule has 40 heavy (non-hydrogen) atoms. The van der Waals surface area contributed by atoms with Crippen molar-refractivity contribution < 1.29 is 14.3 Å². The van der Waals surface area contributed by atoms with Crippen LogP contribution in [0.25, 0.3) is 0 Å². The fourth-order valence-electron chi connectivity index (χ4n) is 4.02. The highest BCUT2D eigenvalue weighted by molar-refractivity contribution is 5.69. The third-order valence-corrected chi connectivity index (χ3v) is 6.05. The van der Waals surface area contributed by atoms with Gasteiger partial charge < -0.3 is 15.3 Å². The lowest BCUT2D eigenvalue weighted by molar-refractivity contribution is -0.143. The van der Waals surface area contributed by atoms with Crippen LogP contribution in [0.4, 0.5) is 5.69 Å². The second kappa shape index (κ2) is 12.7. The Labute approximate surface area is 230 Å². The summed E-state index contributed by atoms with van der Waals surface area (Å²) in [5.41, 5.74) is 1.87. The number of hydrogen-bond acceptors (Lipinski definition) is 8. The number of hydrogen-bond donors (Lipinski definition) is 1. The summed E-state index contributed by atoms with van der Waals surface area (Å²) in [5.74, 6) is 7.05. The van der Waals surface area contributed by atoms with E-state index in [1.165, 1.54) is 4.57 Å². The standard InChI is InChI=1S/C29H32N6O5/c1-4-39-26(36)6-5-17-33-28(37)34(19-22-9-7-20(2)8-10-22)27(35(30)29(33)38)32-23-11-13-24(14-12-23)40-25-15-16-31-21(3)18-25/h7-16,18H,4-6,17,19,30H2,1-3H3. The van der Waals surface area contributed by atoms with Gasteiger partial charge in [-0.15, -0.1) is 0 Å². The molecule has 11 heteroatoms. The summed E-state index contributed by atoms with van der Waals surface area (Å²) < 4.78 is 14.0. The Hall–Kier alpha value is -4.93. The van der Waals surface area contributed by atoms with E-state index in [0.29, 0.717) is 17.2 Å². The first-order valence-corrected chi connectivity index (χ1v) is 12.9. The van der Waals surface area contributed by atoms with E-state index in [1.54, 1.807) is 43.5 Å². The van der Waals surface area contributed by atoms with Gasteiger partial charge in [0, 0.05) is 30.9 Å². The van der Waals surface area contributed by atoms with Crippen molar-refractivity contribution in [1.82, 2.24) is 18.8 Å². The molecule has 0 atom stereocenters. The molecule has 11 nitrogen and oxygen atoms in total. The highest BCUT2D eigenvalue weighted by Gasteiger charge is 2.14. The summed E-state index contributed by atoms with van der Waals surface area (Å²) in [4.78, 5) is 47.2. The maximum Gasteiger partial charge on any atom is 0.353 e. The molecule has 2 heterocycles. The van der Waals surface area contributed by atoms with Gasteiger partial charge in [-0.2, -0.15) is 4.68 Å². The van der Waals surface area contributed by atoms with Crippen LogP contribution < -0.4 is 27.6 Å². The molecule has 4 aromatic rings. The molecule has 0 bridgehead atoms. The topological polar surface area (TPSA) is 136 Å². The van der Waals surface area contributed by atoms with Crippen LogP contribution in [0, 0.1) is 13.8 Å². The minimum absolute atomic E-state index is 0.00236. The highest BCUT2D eigenvalue weighted by atomic mass is 16.5. The maximum absolute atomic E-state index is 13.6. The van der Waals surface area contributed by atoms with E-state index in [-0.39, 0.29) is 38.2 Å². The quantitative estimate of drug-likeness (QED) is 0.239. The van der Waals surface area contributed by atoms with Gasteiger partial charge in [-0.25, -0.2) is 19.1 Å². The first-order chi connectivity index (χ1) is 19.2. The number of nitrogen functional groups attached to an aromatic ring is 1. The molecule has 2 N–H and O–H groups in total. The van der Waals surface area contributed by atoms with Crippen molar-refractivity contribution in [2.75, 3.05) is 12.4 Å². The van der Waals surface area contributed by atoms with E-state index in [0.717, 1.165) is 26.1 Å². The molecule has 0 unspecified atom stereocenters.